The van der Waals surface area contributed by atoms with Crippen molar-refractivity contribution in [3.63, 3.8) is 0 Å². The van der Waals surface area contributed by atoms with Crippen LogP contribution in [-0.2, 0) is 10.2 Å². The molecule has 0 spiro atoms. The van der Waals surface area contributed by atoms with E-state index in [0.717, 1.165) is 42.4 Å². The van der Waals surface area contributed by atoms with Gasteiger partial charge in [0.25, 0.3) is 0 Å². The van der Waals surface area contributed by atoms with Crippen LogP contribution in [0.4, 0.5) is 0 Å². The molecule has 1 fully saturated rings. The average molecular weight is 243 g/mol. The second-order valence-corrected chi connectivity index (χ2v) is 5.37. The fourth-order valence-electron chi connectivity index (χ4n) is 2.91. The fourth-order valence-corrected chi connectivity index (χ4v) is 2.91. The molecule has 0 bridgehead atoms. The van der Waals surface area contributed by atoms with E-state index in [-0.39, 0.29) is 5.91 Å². The number of carbonyl (C=O) groups excluding carboxylic acids is 1. The lowest BCUT2D eigenvalue weighted by Gasteiger charge is -2.35. The van der Waals surface area contributed by atoms with Gasteiger partial charge in [-0.05, 0) is 30.9 Å². The molecular formula is C16H21NO. The molecule has 0 heterocycles. The molecule has 18 heavy (non-hydrogen) atoms. The van der Waals surface area contributed by atoms with Gasteiger partial charge >= 0.3 is 0 Å². The Hall–Kier alpha value is -1.57. The van der Waals surface area contributed by atoms with E-state index in [9.17, 15) is 4.79 Å². The molecular weight excluding hydrogens is 222 g/mol. The van der Waals surface area contributed by atoms with E-state index in [1.165, 1.54) is 6.42 Å². The maximum atomic E-state index is 12.0. The predicted molar refractivity (Wildman–Crippen MR) is 75.1 cm³/mol. The average Bonchev–Trinajstić information content (AvgIpc) is 2.39. The maximum Gasteiger partial charge on any atom is 0.228 e. The van der Waals surface area contributed by atoms with E-state index in [1.54, 1.807) is 0 Å². The molecule has 1 aromatic carbocycles. The first-order valence-corrected chi connectivity index (χ1v) is 6.62. The van der Waals surface area contributed by atoms with Crippen LogP contribution in [-0.4, -0.2) is 5.91 Å². The third-order valence-corrected chi connectivity index (χ3v) is 4.09. The van der Waals surface area contributed by atoms with E-state index in [1.807, 2.05) is 25.1 Å². The van der Waals surface area contributed by atoms with Gasteiger partial charge in [0.15, 0.2) is 0 Å². The van der Waals surface area contributed by atoms with Gasteiger partial charge in [-0.25, -0.2) is 0 Å². The molecule has 1 aliphatic rings. The van der Waals surface area contributed by atoms with Crippen molar-refractivity contribution >= 4 is 11.5 Å². The summed E-state index contributed by atoms with van der Waals surface area (Å²) >= 11 is 0. The first kappa shape index (κ1) is 12.9. The second-order valence-electron chi connectivity index (χ2n) is 5.37. The van der Waals surface area contributed by atoms with Crippen molar-refractivity contribution in [1.82, 2.24) is 0 Å². The van der Waals surface area contributed by atoms with E-state index in [0.29, 0.717) is 0 Å². The first-order valence-electron chi connectivity index (χ1n) is 6.62. The lowest BCUT2D eigenvalue weighted by atomic mass is 9.68. The molecule has 2 nitrogen and oxygen atoms in total. The van der Waals surface area contributed by atoms with Crippen LogP contribution in [0.5, 0.6) is 0 Å². The minimum Gasteiger partial charge on any atom is -0.369 e. The zero-order valence-electron chi connectivity index (χ0n) is 11.0. The van der Waals surface area contributed by atoms with Crippen molar-refractivity contribution in [3.05, 3.63) is 42.0 Å². The highest BCUT2D eigenvalue weighted by atomic mass is 16.1. The van der Waals surface area contributed by atoms with Gasteiger partial charge in [-0.15, -0.1) is 0 Å². The zero-order valence-corrected chi connectivity index (χ0v) is 11.0. The molecule has 2 heteroatoms. The number of allylic oxidation sites excluding steroid dienone is 1. The topological polar surface area (TPSA) is 43.1 Å². The Bertz CT molecular complexity index is 470. The molecule has 2 rings (SSSR count). The van der Waals surface area contributed by atoms with Crippen molar-refractivity contribution in [3.8, 4) is 0 Å². The second kappa shape index (κ2) is 4.97. The Balaban J connectivity index is 2.45. The summed E-state index contributed by atoms with van der Waals surface area (Å²) < 4.78 is 0. The molecule has 0 unspecified atom stereocenters. The summed E-state index contributed by atoms with van der Waals surface area (Å²) in [6, 6.07) is 8.14. The van der Waals surface area contributed by atoms with Gasteiger partial charge in [0.1, 0.15) is 0 Å². The number of primary amides is 1. The lowest BCUT2D eigenvalue weighted by molar-refractivity contribution is -0.124. The molecule has 1 aliphatic carbocycles. The van der Waals surface area contributed by atoms with Gasteiger partial charge in [-0.2, -0.15) is 0 Å². The number of amides is 1. The molecule has 1 saturated carbocycles. The fraction of sp³-hybridized carbons (Fsp3) is 0.438. The van der Waals surface area contributed by atoms with Crippen LogP contribution in [0.1, 0.15) is 50.2 Å². The zero-order chi connectivity index (χ0) is 13.2. The Kier molecular flexibility index (Phi) is 3.55. The van der Waals surface area contributed by atoms with Gasteiger partial charge < -0.3 is 5.73 Å². The summed E-state index contributed by atoms with van der Waals surface area (Å²) in [5.74, 6) is -0.180. The van der Waals surface area contributed by atoms with Gasteiger partial charge in [-0.1, -0.05) is 55.7 Å². The van der Waals surface area contributed by atoms with Crippen molar-refractivity contribution in [1.29, 1.82) is 0 Å². The standard InChI is InChI=1S/C16H21NO/c1-12(2)13-7-6-8-14(11-13)16(15(17)18)9-4-3-5-10-16/h6-8,11H,1,3-5,9-10H2,2H3,(H2,17,18). The molecule has 0 aromatic heterocycles. The summed E-state index contributed by atoms with van der Waals surface area (Å²) in [7, 11) is 0. The van der Waals surface area contributed by atoms with E-state index >= 15 is 0 Å². The van der Waals surface area contributed by atoms with Gasteiger partial charge in [0.05, 0.1) is 5.41 Å². The molecule has 1 amide bonds. The van der Waals surface area contributed by atoms with Crippen LogP contribution < -0.4 is 5.73 Å². The number of benzene rings is 1. The molecule has 1 aromatic rings. The Morgan fingerprint density at radius 2 is 1.94 bits per heavy atom. The summed E-state index contributed by atoms with van der Waals surface area (Å²) in [6.07, 6.45) is 5.12. The van der Waals surface area contributed by atoms with E-state index < -0.39 is 5.41 Å². The molecule has 0 atom stereocenters. The largest absolute Gasteiger partial charge is 0.369 e. The summed E-state index contributed by atoms with van der Waals surface area (Å²) in [5, 5.41) is 0. The highest BCUT2D eigenvalue weighted by molar-refractivity contribution is 5.87. The van der Waals surface area contributed by atoms with Crippen LogP contribution in [0.3, 0.4) is 0 Å². The SMILES string of the molecule is C=C(C)c1cccc(C2(C(N)=O)CCCCC2)c1. The maximum absolute atomic E-state index is 12.0. The summed E-state index contributed by atoms with van der Waals surface area (Å²) in [4.78, 5) is 12.0. The molecule has 0 saturated heterocycles. The molecule has 2 N–H and O–H groups in total. The Morgan fingerprint density at radius 3 is 2.50 bits per heavy atom. The van der Waals surface area contributed by atoms with Crippen molar-refractivity contribution < 1.29 is 4.79 Å². The summed E-state index contributed by atoms with van der Waals surface area (Å²) in [5.41, 5.74) is 8.43. The van der Waals surface area contributed by atoms with E-state index in [4.69, 9.17) is 5.73 Å². The lowest BCUT2D eigenvalue weighted by Crippen LogP contribution is -2.42. The Labute approximate surface area is 109 Å². The Morgan fingerprint density at radius 1 is 1.28 bits per heavy atom. The monoisotopic (exact) mass is 243 g/mol. The van der Waals surface area contributed by atoms with Gasteiger partial charge in [-0.3, -0.25) is 4.79 Å². The minimum absolute atomic E-state index is 0.180. The third kappa shape index (κ3) is 2.20. The van der Waals surface area contributed by atoms with Gasteiger partial charge in [0, 0.05) is 0 Å². The van der Waals surface area contributed by atoms with Crippen LogP contribution in [0, 0.1) is 0 Å². The van der Waals surface area contributed by atoms with Crippen LogP contribution in [0.15, 0.2) is 30.8 Å². The highest BCUT2D eigenvalue weighted by Crippen LogP contribution is 2.39. The number of carbonyl (C=O) groups is 1. The predicted octanol–water partition coefficient (Wildman–Crippen LogP) is 3.41. The van der Waals surface area contributed by atoms with Crippen LogP contribution >= 0.6 is 0 Å². The number of hydrogen-bond donors (Lipinski definition) is 1. The van der Waals surface area contributed by atoms with Crippen LogP contribution in [0.2, 0.25) is 0 Å². The number of rotatable bonds is 3. The van der Waals surface area contributed by atoms with Crippen molar-refractivity contribution in [2.75, 3.05) is 0 Å². The molecule has 96 valence electrons. The first-order chi connectivity index (χ1) is 8.56. The highest BCUT2D eigenvalue weighted by Gasteiger charge is 2.39. The molecule has 0 radical (unpaired) electrons. The van der Waals surface area contributed by atoms with Gasteiger partial charge in [0.2, 0.25) is 5.91 Å². The smallest absolute Gasteiger partial charge is 0.228 e. The molecule has 0 aliphatic heterocycles. The minimum atomic E-state index is -0.455. The van der Waals surface area contributed by atoms with Crippen molar-refractivity contribution in [2.24, 2.45) is 5.73 Å². The number of nitrogens with two attached hydrogens (primary N) is 1. The number of hydrogen-bond acceptors (Lipinski definition) is 1. The quantitative estimate of drug-likeness (QED) is 0.868. The normalized spacial score (nSPS) is 18.3. The summed E-state index contributed by atoms with van der Waals surface area (Å²) in [6.45, 7) is 5.95. The van der Waals surface area contributed by atoms with E-state index in [2.05, 4.69) is 12.6 Å². The third-order valence-electron chi connectivity index (χ3n) is 4.09. The van der Waals surface area contributed by atoms with Crippen molar-refractivity contribution in [2.45, 2.75) is 44.4 Å². The van der Waals surface area contributed by atoms with Crippen LogP contribution in [0.25, 0.3) is 5.57 Å².